The van der Waals surface area contributed by atoms with Crippen molar-refractivity contribution in [2.75, 3.05) is 5.32 Å². The molecule has 0 aliphatic rings. The summed E-state index contributed by atoms with van der Waals surface area (Å²) in [6.45, 7) is 0. The number of nitrogens with one attached hydrogen (secondary N) is 1. The third kappa shape index (κ3) is 3.06. The number of carbonyl (C=O) groups excluding carboxylic acids is 1. The van der Waals surface area contributed by atoms with Crippen LogP contribution in [0.1, 0.15) is 10.4 Å². The number of aromatic hydroxyl groups is 1. The Morgan fingerprint density at radius 1 is 1.20 bits per heavy atom. The molecule has 0 unspecified atom stereocenters. The molecule has 2 aromatic carbocycles. The topological polar surface area (TPSA) is 49.3 Å². The molecule has 0 aliphatic carbocycles. The SMILES string of the molecule is O=C(Nc1ccc(Br)c(Cl)c1Cl)c1cc(F)ccc1O. The van der Waals surface area contributed by atoms with Crippen molar-refractivity contribution in [3.05, 3.63) is 56.2 Å². The lowest BCUT2D eigenvalue weighted by atomic mass is 10.1. The van der Waals surface area contributed by atoms with Crippen LogP contribution in [0.5, 0.6) is 5.75 Å². The third-order valence-electron chi connectivity index (χ3n) is 2.49. The van der Waals surface area contributed by atoms with Crippen molar-refractivity contribution in [2.24, 2.45) is 0 Å². The molecule has 3 nitrogen and oxygen atoms in total. The van der Waals surface area contributed by atoms with Crippen molar-refractivity contribution in [1.29, 1.82) is 0 Å². The van der Waals surface area contributed by atoms with Crippen molar-refractivity contribution < 1.29 is 14.3 Å². The molecular weight excluding hydrogens is 372 g/mol. The summed E-state index contributed by atoms with van der Waals surface area (Å²) in [5.74, 6) is -1.65. The molecule has 104 valence electrons. The van der Waals surface area contributed by atoms with Gasteiger partial charge in [-0.25, -0.2) is 4.39 Å². The number of phenols is 1. The lowest BCUT2D eigenvalue weighted by molar-refractivity contribution is 0.102. The molecule has 2 rings (SSSR count). The van der Waals surface area contributed by atoms with Crippen LogP contribution in [0.25, 0.3) is 0 Å². The Morgan fingerprint density at radius 2 is 1.90 bits per heavy atom. The number of amides is 1. The maximum atomic E-state index is 13.1. The number of halogens is 4. The second kappa shape index (κ2) is 5.99. The summed E-state index contributed by atoms with van der Waals surface area (Å²) in [4.78, 5) is 12.0. The summed E-state index contributed by atoms with van der Waals surface area (Å²) < 4.78 is 13.7. The number of phenolic OH excluding ortho intramolecular Hbond substituents is 1. The number of carbonyl (C=O) groups is 1. The Morgan fingerprint density at radius 3 is 2.60 bits per heavy atom. The fraction of sp³-hybridized carbons (Fsp3) is 0. The first-order valence-corrected chi connectivity index (χ1v) is 6.88. The predicted molar refractivity (Wildman–Crippen MR) is 80.2 cm³/mol. The maximum absolute atomic E-state index is 13.1. The molecule has 0 aliphatic heterocycles. The molecule has 0 spiro atoms. The third-order valence-corrected chi connectivity index (χ3v) is 4.26. The van der Waals surface area contributed by atoms with E-state index in [0.29, 0.717) is 4.47 Å². The van der Waals surface area contributed by atoms with E-state index >= 15 is 0 Å². The van der Waals surface area contributed by atoms with Crippen LogP contribution in [-0.4, -0.2) is 11.0 Å². The molecule has 1 amide bonds. The minimum absolute atomic E-state index is 0.144. The highest BCUT2D eigenvalue weighted by molar-refractivity contribution is 9.10. The lowest BCUT2D eigenvalue weighted by Crippen LogP contribution is -2.12. The molecule has 0 radical (unpaired) electrons. The highest BCUT2D eigenvalue weighted by Gasteiger charge is 2.15. The summed E-state index contributed by atoms with van der Waals surface area (Å²) >= 11 is 15.1. The first-order valence-electron chi connectivity index (χ1n) is 5.33. The van der Waals surface area contributed by atoms with Gasteiger partial charge in [-0.15, -0.1) is 0 Å². The van der Waals surface area contributed by atoms with Crippen LogP contribution < -0.4 is 5.32 Å². The summed E-state index contributed by atoms with van der Waals surface area (Å²) in [6.07, 6.45) is 0. The quantitative estimate of drug-likeness (QED) is 0.733. The fourth-order valence-electron chi connectivity index (χ4n) is 1.50. The number of rotatable bonds is 2. The first-order chi connectivity index (χ1) is 9.40. The van der Waals surface area contributed by atoms with Gasteiger partial charge in [0.05, 0.1) is 21.3 Å². The Labute approximate surface area is 132 Å². The van der Waals surface area contributed by atoms with E-state index in [2.05, 4.69) is 21.2 Å². The molecule has 0 fully saturated rings. The van der Waals surface area contributed by atoms with Crippen molar-refractivity contribution >= 4 is 50.7 Å². The number of benzene rings is 2. The number of anilines is 1. The Balaban J connectivity index is 2.33. The number of hydrogen-bond donors (Lipinski definition) is 2. The summed E-state index contributed by atoms with van der Waals surface area (Å²) in [6, 6.07) is 6.22. The van der Waals surface area contributed by atoms with Gasteiger partial charge in [-0.05, 0) is 46.3 Å². The van der Waals surface area contributed by atoms with Gasteiger partial charge in [-0.1, -0.05) is 23.2 Å². The summed E-state index contributed by atoms with van der Waals surface area (Å²) in [5.41, 5.74) is 0.0636. The van der Waals surface area contributed by atoms with E-state index in [1.165, 1.54) is 6.07 Å². The van der Waals surface area contributed by atoms with E-state index in [1.54, 1.807) is 6.07 Å². The van der Waals surface area contributed by atoms with Gasteiger partial charge in [0.15, 0.2) is 0 Å². The molecular formula is C13H7BrCl2FNO2. The fourth-order valence-corrected chi connectivity index (χ4v) is 2.32. The molecule has 0 aromatic heterocycles. The highest BCUT2D eigenvalue weighted by atomic mass is 79.9. The van der Waals surface area contributed by atoms with Gasteiger partial charge < -0.3 is 10.4 Å². The summed E-state index contributed by atoms with van der Waals surface area (Å²) in [7, 11) is 0. The van der Waals surface area contributed by atoms with Gasteiger partial charge in [0.2, 0.25) is 0 Å². The minimum atomic E-state index is -0.692. The molecule has 0 bridgehead atoms. The van der Waals surface area contributed by atoms with Crippen molar-refractivity contribution in [2.45, 2.75) is 0 Å². The Bertz CT molecular complexity index is 694. The van der Waals surface area contributed by atoms with Crippen LogP contribution in [0.3, 0.4) is 0 Å². The number of hydrogen-bond acceptors (Lipinski definition) is 2. The van der Waals surface area contributed by atoms with Gasteiger partial charge in [-0.2, -0.15) is 0 Å². The van der Waals surface area contributed by atoms with E-state index in [-0.39, 0.29) is 27.0 Å². The van der Waals surface area contributed by atoms with E-state index in [9.17, 15) is 14.3 Å². The maximum Gasteiger partial charge on any atom is 0.259 e. The standard InChI is InChI=1S/C13H7BrCl2FNO2/c14-8-2-3-9(12(16)11(8)15)18-13(20)7-5-6(17)1-4-10(7)19/h1-5,19H,(H,18,20). The van der Waals surface area contributed by atoms with Gasteiger partial charge in [-0.3, -0.25) is 4.79 Å². The van der Waals surface area contributed by atoms with Crippen LogP contribution in [0, 0.1) is 5.82 Å². The van der Waals surface area contributed by atoms with Crippen molar-refractivity contribution in [1.82, 2.24) is 0 Å². The molecule has 2 N–H and O–H groups in total. The van der Waals surface area contributed by atoms with Gasteiger partial charge >= 0.3 is 0 Å². The van der Waals surface area contributed by atoms with Gasteiger partial charge in [0, 0.05) is 4.47 Å². The summed E-state index contributed by atoms with van der Waals surface area (Å²) in [5, 5.41) is 12.4. The molecule has 0 saturated carbocycles. The smallest absolute Gasteiger partial charge is 0.259 e. The van der Waals surface area contributed by atoms with E-state index in [0.717, 1.165) is 18.2 Å². The Hall–Kier alpha value is -1.30. The van der Waals surface area contributed by atoms with Crippen molar-refractivity contribution in [3.8, 4) is 5.75 Å². The van der Waals surface area contributed by atoms with Crippen LogP contribution in [0.2, 0.25) is 10.0 Å². The molecule has 7 heteroatoms. The van der Waals surface area contributed by atoms with Crippen LogP contribution in [-0.2, 0) is 0 Å². The molecule has 20 heavy (non-hydrogen) atoms. The zero-order chi connectivity index (χ0) is 14.9. The molecule has 0 saturated heterocycles. The monoisotopic (exact) mass is 377 g/mol. The lowest BCUT2D eigenvalue weighted by Gasteiger charge is -2.10. The first kappa shape index (κ1) is 15.1. The zero-order valence-electron chi connectivity index (χ0n) is 9.75. The average molecular weight is 379 g/mol. The predicted octanol–water partition coefficient (Wildman–Crippen LogP) is 4.85. The molecule has 2 aromatic rings. The van der Waals surface area contributed by atoms with Gasteiger partial charge in [0.25, 0.3) is 5.91 Å². The molecule has 0 heterocycles. The Kier molecular flexibility index (Phi) is 4.52. The van der Waals surface area contributed by atoms with E-state index in [1.807, 2.05) is 0 Å². The second-order valence-corrected chi connectivity index (χ2v) is 5.45. The largest absolute Gasteiger partial charge is 0.507 e. The average Bonchev–Trinajstić information content (AvgIpc) is 2.42. The zero-order valence-corrected chi connectivity index (χ0v) is 12.9. The second-order valence-electron chi connectivity index (χ2n) is 3.84. The highest BCUT2D eigenvalue weighted by Crippen LogP contribution is 2.36. The van der Waals surface area contributed by atoms with E-state index < -0.39 is 11.7 Å². The van der Waals surface area contributed by atoms with Gasteiger partial charge in [0.1, 0.15) is 11.6 Å². The van der Waals surface area contributed by atoms with Crippen LogP contribution in [0.15, 0.2) is 34.8 Å². The van der Waals surface area contributed by atoms with E-state index in [4.69, 9.17) is 23.2 Å². The normalized spacial score (nSPS) is 10.4. The minimum Gasteiger partial charge on any atom is -0.507 e. The molecule has 0 atom stereocenters. The van der Waals surface area contributed by atoms with Crippen LogP contribution >= 0.6 is 39.1 Å². The van der Waals surface area contributed by atoms with Crippen LogP contribution in [0.4, 0.5) is 10.1 Å². The van der Waals surface area contributed by atoms with Crippen molar-refractivity contribution in [3.63, 3.8) is 0 Å².